The number of nitrogens with zero attached hydrogens (tertiary/aromatic N) is 2. The zero-order valence-corrected chi connectivity index (χ0v) is 17.2. The highest BCUT2D eigenvalue weighted by Crippen LogP contribution is 2.20. The Morgan fingerprint density at radius 1 is 1.11 bits per heavy atom. The molecule has 1 N–H and O–H groups in total. The standard InChI is InChI=1S/C20H23N3O2S2/c1-14-6-7-15(2)23(14)17-10-8-16(9-11-17)21-18(24)5-3-4-12-22-19(25)13-27-20(22)26/h6-11H,3-5,12-13H2,1-2H3,(H,21,24). The van der Waals surface area contributed by atoms with E-state index in [1.54, 1.807) is 4.90 Å². The maximum Gasteiger partial charge on any atom is 0.238 e. The summed E-state index contributed by atoms with van der Waals surface area (Å²) in [5.41, 5.74) is 4.23. The van der Waals surface area contributed by atoms with Crippen molar-refractivity contribution >= 4 is 45.8 Å². The number of hydrogen-bond donors (Lipinski definition) is 1. The first-order chi connectivity index (χ1) is 13.0. The van der Waals surface area contributed by atoms with E-state index in [1.165, 1.54) is 23.1 Å². The second-order valence-corrected chi connectivity index (χ2v) is 8.21. The highest BCUT2D eigenvalue weighted by atomic mass is 32.2. The molecule has 0 bridgehead atoms. The van der Waals surface area contributed by atoms with E-state index >= 15 is 0 Å². The molecule has 0 saturated carbocycles. The Balaban J connectivity index is 1.45. The number of benzene rings is 1. The summed E-state index contributed by atoms with van der Waals surface area (Å²) in [6.07, 6.45) is 1.92. The average molecular weight is 402 g/mol. The number of unbranched alkanes of at least 4 members (excludes halogenated alkanes) is 1. The first-order valence-electron chi connectivity index (χ1n) is 8.98. The number of anilines is 1. The summed E-state index contributed by atoms with van der Waals surface area (Å²) in [4.78, 5) is 25.4. The predicted molar refractivity (Wildman–Crippen MR) is 114 cm³/mol. The minimum atomic E-state index is -0.0132. The maximum atomic E-state index is 12.1. The predicted octanol–water partition coefficient (Wildman–Crippen LogP) is 4.06. The first kappa shape index (κ1) is 19.6. The summed E-state index contributed by atoms with van der Waals surface area (Å²) in [5.74, 6) is 0.501. The summed E-state index contributed by atoms with van der Waals surface area (Å²) >= 11 is 6.56. The number of carbonyl (C=O) groups excluding carboxylic acids is 2. The number of aryl methyl sites for hydroxylation is 2. The van der Waals surface area contributed by atoms with Gasteiger partial charge in [0.05, 0.1) is 5.75 Å². The van der Waals surface area contributed by atoms with Gasteiger partial charge in [-0.25, -0.2) is 0 Å². The van der Waals surface area contributed by atoms with Crippen LogP contribution in [0, 0.1) is 13.8 Å². The van der Waals surface area contributed by atoms with Crippen molar-refractivity contribution in [1.82, 2.24) is 9.47 Å². The van der Waals surface area contributed by atoms with Gasteiger partial charge in [0.25, 0.3) is 0 Å². The molecule has 0 atom stereocenters. The van der Waals surface area contributed by atoms with Crippen LogP contribution in [0.4, 0.5) is 5.69 Å². The van der Waals surface area contributed by atoms with Crippen LogP contribution in [0.2, 0.25) is 0 Å². The Hall–Kier alpha value is -2.12. The van der Waals surface area contributed by atoms with Crippen LogP contribution in [0.5, 0.6) is 0 Å². The van der Waals surface area contributed by atoms with E-state index in [0.717, 1.165) is 24.2 Å². The quantitative estimate of drug-likeness (QED) is 0.561. The highest BCUT2D eigenvalue weighted by molar-refractivity contribution is 8.23. The lowest BCUT2D eigenvalue weighted by Gasteiger charge is -2.14. The SMILES string of the molecule is Cc1ccc(C)n1-c1ccc(NC(=O)CCCCN2C(=O)CSC2=S)cc1. The summed E-state index contributed by atoms with van der Waals surface area (Å²) in [6.45, 7) is 4.75. The molecular weight excluding hydrogens is 378 g/mol. The number of nitrogens with one attached hydrogen (secondary N) is 1. The first-order valence-corrected chi connectivity index (χ1v) is 10.4. The van der Waals surface area contributed by atoms with E-state index < -0.39 is 0 Å². The third kappa shape index (κ3) is 4.78. The smallest absolute Gasteiger partial charge is 0.238 e. The van der Waals surface area contributed by atoms with Gasteiger partial charge in [0.2, 0.25) is 11.8 Å². The summed E-state index contributed by atoms with van der Waals surface area (Å²) in [6, 6.07) is 12.0. The van der Waals surface area contributed by atoms with Crippen LogP contribution >= 0.6 is 24.0 Å². The van der Waals surface area contributed by atoms with Crippen molar-refractivity contribution in [2.24, 2.45) is 0 Å². The number of thioether (sulfide) groups is 1. The lowest BCUT2D eigenvalue weighted by atomic mass is 10.2. The molecule has 2 aromatic rings. The molecule has 0 unspecified atom stereocenters. The van der Waals surface area contributed by atoms with Gasteiger partial charge < -0.3 is 9.88 Å². The fraction of sp³-hybridized carbons (Fsp3) is 0.350. The second kappa shape index (κ2) is 8.71. The Kier molecular flexibility index (Phi) is 6.34. The highest BCUT2D eigenvalue weighted by Gasteiger charge is 2.25. The van der Waals surface area contributed by atoms with Crippen LogP contribution in [0.15, 0.2) is 36.4 Å². The lowest BCUT2D eigenvalue weighted by molar-refractivity contribution is -0.124. The van der Waals surface area contributed by atoms with E-state index in [1.807, 2.05) is 24.3 Å². The largest absolute Gasteiger partial charge is 0.326 e. The molecule has 1 fully saturated rings. The third-order valence-electron chi connectivity index (χ3n) is 4.56. The second-order valence-electron chi connectivity index (χ2n) is 6.60. The molecule has 2 amide bonds. The van der Waals surface area contributed by atoms with Crippen molar-refractivity contribution in [3.05, 3.63) is 47.8 Å². The van der Waals surface area contributed by atoms with Gasteiger partial charge in [0, 0.05) is 35.7 Å². The van der Waals surface area contributed by atoms with E-state index in [2.05, 4.69) is 35.9 Å². The number of rotatable bonds is 7. The number of carbonyl (C=O) groups is 2. The fourth-order valence-electron chi connectivity index (χ4n) is 3.15. The number of hydrogen-bond acceptors (Lipinski definition) is 4. The van der Waals surface area contributed by atoms with Gasteiger partial charge in [-0.15, -0.1) is 0 Å². The Bertz CT molecular complexity index is 823. The summed E-state index contributed by atoms with van der Waals surface area (Å²) in [5, 5.41) is 2.93. The lowest BCUT2D eigenvalue weighted by Crippen LogP contribution is -2.29. The maximum absolute atomic E-state index is 12.1. The molecule has 5 nitrogen and oxygen atoms in total. The Morgan fingerprint density at radius 2 is 1.78 bits per heavy atom. The minimum Gasteiger partial charge on any atom is -0.326 e. The van der Waals surface area contributed by atoms with Crippen molar-refractivity contribution in [3.63, 3.8) is 0 Å². The minimum absolute atomic E-state index is 0.0132. The molecule has 1 aromatic carbocycles. The van der Waals surface area contributed by atoms with Crippen LogP contribution in [0.1, 0.15) is 30.7 Å². The molecule has 0 radical (unpaired) electrons. The molecule has 1 saturated heterocycles. The van der Waals surface area contributed by atoms with Gasteiger partial charge in [-0.2, -0.15) is 0 Å². The molecule has 0 aliphatic carbocycles. The van der Waals surface area contributed by atoms with Gasteiger partial charge in [0.1, 0.15) is 4.32 Å². The van der Waals surface area contributed by atoms with Crippen LogP contribution in [0.3, 0.4) is 0 Å². The van der Waals surface area contributed by atoms with Gasteiger partial charge in [-0.1, -0.05) is 24.0 Å². The third-order valence-corrected chi connectivity index (χ3v) is 5.99. The van der Waals surface area contributed by atoms with Crippen molar-refractivity contribution < 1.29 is 9.59 Å². The Labute approximate surface area is 169 Å². The Morgan fingerprint density at radius 3 is 2.37 bits per heavy atom. The van der Waals surface area contributed by atoms with Crippen LogP contribution < -0.4 is 5.32 Å². The molecule has 27 heavy (non-hydrogen) atoms. The van der Waals surface area contributed by atoms with Crippen LogP contribution in [0.25, 0.3) is 5.69 Å². The molecule has 2 heterocycles. The topological polar surface area (TPSA) is 54.3 Å². The zero-order chi connectivity index (χ0) is 19.4. The van der Waals surface area contributed by atoms with E-state index in [-0.39, 0.29) is 11.8 Å². The van der Waals surface area contributed by atoms with Gasteiger partial charge in [-0.3, -0.25) is 14.5 Å². The van der Waals surface area contributed by atoms with Crippen molar-refractivity contribution in [2.45, 2.75) is 33.1 Å². The van der Waals surface area contributed by atoms with E-state index in [9.17, 15) is 9.59 Å². The van der Waals surface area contributed by atoms with E-state index in [0.29, 0.717) is 23.0 Å². The molecule has 1 aliphatic heterocycles. The molecule has 0 spiro atoms. The summed E-state index contributed by atoms with van der Waals surface area (Å²) < 4.78 is 2.83. The summed E-state index contributed by atoms with van der Waals surface area (Å²) in [7, 11) is 0. The number of amides is 2. The fourth-order valence-corrected chi connectivity index (χ4v) is 4.27. The van der Waals surface area contributed by atoms with E-state index in [4.69, 9.17) is 12.2 Å². The molecule has 1 aliphatic rings. The number of thiocarbonyl (C=S) groups is 1. The molecular formula is C20H23N3O2S2. The molecule has 142 valence electrons. The van der Waals surface area contributed by atoms with Crippen LogP contribution in [-0.2, 0) is 9.59 Å². The molecule has 1 aromatic heterocycles. The number of aromatic nitrogens is 1. The van der Waals surface area contributed by atoms with Crippen molar-refractivity contribution in [2.75, 3.05) is 17.6 Å². The van der Waals surface area contributed by atoms with Gasteiger partial charge >= 0.3 is 0 Å². The normalized spacial score (nSPS) is 14.1. The van der Waals surface area contributed by atoms with Crippen molar-refractivity contribution in [1.29, 1.82) is 0 Å². The zero-order valence-electron chi connectivity index (χ0n) is 15.5. The molecule has 7 heteroatoms. The molecule has 3 rings (SSSR count). The van der Waals surface area contributed by atoms with Crippen LogP contribution in [-0.4, -0.2) is 37.9 Å². The van der Waals surface area contributed by atoms with Gasteiger partial charge in [-0.05, 0) is 63.1 Å². The monoisotopic (exact) mass is 401 g/mol. The average Bonchev–Trinajstić information content (AvgIpc) is 3.14. The van der Waals surface area contributed by atoms with Gasteiger partial charge in [0.15, 0.2) is 0 Å². The van der Waals surface area contributed by atoms with Crippen molar-refractivity contribution in [3.8, 4) is 5.69 Å².